The Morgan fingerprint density at radius 3 is 1.56 bits per heavy atom. The monoisotopic (exact) mass is 699 g/mol. The average molecular weight is 700 g/mol. The van der Waals surface area contributed by atoms with Gasteiger partial charge in [0.15, 0.2) is 5.69 Å². The number of nitrogens with zero attached hydrogens (tertiary/aromatic N) is 5. The number of benzene rings is 8. The molecule has 3 heterocycles. The minimum atomic E-state index is 0.587. The lowest BCUT2D eigenvalue weighted by atomic mass is 10.00. The van der Waals surface area contributed by atoms with Gasteiger partial charge in [-0.05, 0) is 83.7 Å². The van der Waals surface area contributed by atoms with Crippen molar-refractivity contribution in [3.05, 3.63) is 193 Å². The van der Waals surface area contributed by atoms with Crippen molar-refractivity contribution in [1.82, 2.24) is 13.7 Å². The van der Waals surface area contributed by atoms with Crippen LogP contribution in [0, 0.1) is 17.9 Å². The minimum absolute atomic E-state index is 0.587. The van der Waals surface area contributed by atoms with Gasteiger partial charge in [-0.15, -0.1) is 0 Å². The molecule has 0 amide bonds. The van der Waals surface area contributed by atoms with E-state index in [2.05, 4.69) is 176 Å². The van der Waals surface area contributed by atoms with Gasteiger partial charge in [0.2, 0.25) is 0 Å². The van der Waals surface area contributed by atoms with Gasteiger partial charge in [0.1, 0.15) is 0 Å². The summed E-state index contributed by atoms with van der Waals surface area (Å²) in [6, 6.07) is 63.7. The molecule has 0 aliphatic heterocycles. The van der Waals surface area contributed by atoms with Crippen molar-refractivity contribution in [3.63, 3.8) is 0 Å². The highest BCUT2D eigenvalue weighted by molar-refractivity contribution is 6.16. The Morgan fingerprint density at radius 2 is 0.982 bits per heavy atom. The topological polar surface area (TPSA) is 42.9 Å². The second kappa shape index (κ2) is 11.8. The van der Waals surface area contributed by atoms with E-state index in [9.17, 15) is 5.26 Å². The van der Waals surface area contributed by atoms with Crippen molar-refractivity contribution >= 4 is 71.1 Å². The second-order valence-electron chi connectivity index (χ2n) is 14.0. The number of nitriles is 1. The molecule has 0 radical (unpaired) electrons. The van der Waals surface area contributed by atoms with Crippen molar-refractivity contribution in [1.29, 1.82) is 5.26 Å². The number of hydrogen-bond donors (Lipinski definition) is 0. The van der Waals surface area contributed by atoms with Gasteiger partial charge in [0.05, 0.1) is 62.7 Å². The second-order valence-corrected chi connectivity index (χ2v) is 14.0. The van der Waals surface area contributed by atoms with E-state index in [0.717, 1.165) is 72.1 Å². The van der Waals surface area contributed by atoms with E-state index in [1.54, 1.807) is 0 Å². The molecule has 3 aromatic heterocycles. The summed E-state index contributed by atoms with van der Waals surface area (Å²) in [6.07, 6.45) is 0. The summed E-state index contributed by atoms with van der Waals surface area (Å²) >= 11 is 0. The Morgan fingerprint density at radius 1 is 0.436 bits per heavy atom. The Bertz CT molecular complexity index is 3350. The first kappa shape index (κ1) is 30.7. The molecule has 0 fully saturated rings. The number of rotatable bonds is 4. The Kier molecular flexibility index (Phi) is 6.61. The molecule has 0 atom stereocenters. The Labute approximate surface area is 316 Å². The first-order valence-corrected chi connectivity index (χ1v) is 18.3. The third-order valence-electron chi connectivity index (χ3n) is 11.1. The molecule has 11 aromatic rings. The van der Waals surface area contributed by atoms with Crippen LogP contribution in [-0.2, 0) is 0 Å². The first-order valence-electron chi connectivity index (χ1n) is 18.3. The number of aromatic nitrogens is 3. The molecule has 0 unspecified atom stereocenters. The summed E-state index contributed by atoms with van der Waals surface area (Å²) in [5.74, 6) is 0. The van der Waals surface area contributed by atoms with Crippen LogP contribution in [0.3, 0.4) is 0 Å². The van der Waals surface area contributed by atoms with Gasteiger partial charge in [-0.25, -0.2) is 4.85 Å². The summed E-state index contributed by atoms with van der Waals surface area (Å²) in [4.78, 5) is 3.82. The average Bonchev–Trinajstić information content (AvgIpc) is 3.89. The first-order chi connectivity index (χ1) is 27.2. The lowest BCUT2D eigenvalue weighted by Gasteiger charge is -2.18. The summed E-state index contributed by atoms with van der Waals surface area (Å²) in [5, 5.41) is 17.1. The van der Waals surface area contributed by atoms with Crippen LogP contribution in [0.2, 0.25) is 0 Å². The SMILES string of the molecule is [C-]#[N+]c1ccc2c(c1)c1cccc(-n3c4ccccc4c4ccccc43)c1n2-c1ccc(C#N)cc1-c1ccc(-n2c3ccccc3c3ccccc32)cc1. The molecular weight excluding hydrogens is 671 g/mol. The van der Waals surface area contributed by atoms with Crippen molar-refractivity contribution < 1.29 is 0 Å². The van der Waals surface area contributed by atoms with E-state index in [1.807, 2.05) is 24.3 Å². The molecule has 0 N–H and O–H groups in total. The van der Waals surface area contributed by atoms with E-state index in [4.69, 9.17) is 6.57 Å². The fraction of sp³-hybridized carbons (Fsp3) is 0. The normalized spacial score (nSPS) is 11.6. The van der Waals surface area contributed by atoms with E-state index in [0.29, 0.717) is 11.3 Å². The fourth-order valence-electron chi connectivity index (χ4n) is 8.74. The molecule has 0 saturated heterocycles. The quantitative estimate of drug-likeness (QED) is 0.169. The zero-order valence-corrected chi connectivity index (χ0v) is 29.5. The summed E-state index contributed by atoms with van der Waals surface area (Å²) in [6.45, 7) is 7.87. The number of para-hydroxylation sites is 5. The van der Waals surface area contributed by atoms with Crippen molar-refractivity contribution in [3.8, 4) is 34.3 Å². The highest BCUT2D eigenvalue weighted by Gasteiger charge is 2.22. The third-order valence-corrected chi connectivity index (χ3v) is 11.1. The van der Waals surface area contributed by atoms with Gasteiger partial charge in [-0.3, -0.25) is 0 Å². The molecule has 8 aromatic carbocycles. The van der Waals surface area contributed by atoms with Gasteiger partial charge in [0.25, 0.3) is 0 Å². The molecule has 5 heteroatoms. The third kappa shape index (κ3) is 4.45. The van der Waals surface area contributed by atoms with Crippen LogP contribution >= 0.6 is 0 Å². The number of fused-ring (bicyclic) bond motifs is 9. The molecule has 11 rings (SSSR count). The van der Waals surface area contributed by atoms with Gasteiger partial charge in [-0.1, -0.05) is 103 Å². The fourth-order valence-corrected chi connectivity index (χ4v) is 8.74. The van der Waals surface area contributed by atoms with E-state index < -0.39 is 0 Å². The van der Waals surface area contributed by atoms with Gasteiger partial charge in [-0.2, -0.15) is 5.26 Å². The lowest BCUT2D eigenvalue weighted by molar-refractivity contribution is 1.13. The van der Waals surface area contributed by atoms with Crippen LogP contribution in [-0.4, -0.2) is 13.7 Å². The Hall–Kier alpha value is -7.86. The van der Waals surface area contributed by atoms with E-state index in [-0.39, 0.29) is 0 Å². The molecule has 55 heavy (non-hydrogen) atoms. The van der Waals surface area contributed by atoms with Crippen LogP contribution in [0.4, 0.5) is 5.69 Å². The minimum Gasteiger partial charge on any atom is -0.309 e. The molecule has 0 aliphatic carbocycles. The largest absolute Gasteiger partial charge is 0.309 e. The zero-order valence-electron chi connectivity index (χ0n) is 29.5. The zero-order chi connectivity index (χ0) is 36.6. The molecule has 0 saturated carbocycles. The van der Waals surface area contributed by atoms with Gasteiger partial charge < -0.3 is 13.7 Å². The van der Waals surface area contributed by atoms with Crippen LogP contribution in [0.5, 0.6) is 0 Å². The van der Waals surface area contributed by atoms with E-state index >= 15 is 0 Å². The van der Waals surface area contributed by atoms with Gasteiger partial charge in [0, 0.05) is 38.2 Å². The van der Waals surface area contributed by atoms with Crippen LogP contribution in [0.25, 0.3) is 98.5 Å². The maximum absolute atomic E-state index is 10.2. The predicted octanol–water partition coefficient (Wildman–Crippen LogP) is 13.1. The van der Waals surface area contributed by atoms with Crippen LogP contribution in [0.1, 0.15) is 5.56 Å². The maximum Gasteiger partial charge on any atom is 0.188 e. The highest BCUT2D eigenvalue weighted by Crippen LogP contribution is 2.43. The summed E-state index contributed by atoms with van der Waals surface area (Å²) < 4.78 is 7.01. The van der Waals surface area contributed by atoms with E-state index in [1.165, 1.54) is 21.5 Å². The van der Waals surface area contributed by atoms with Crippen LogP contribution < -0.4 is 0 Å². The maximum atomic E-state index is 10.2. The molecular formula is C50H29N5. The standard InChI is InChI=1S/C50H29N5/c1-52-34-24-28-48-42(30-34)40-15-10-20-49(54-45-18-8-4-13-38(45)39-14-5-9-19-46(39)54)50(40)55(48)47-27-21-32(31-51)29-41(47)33-22-25-35(26-23-33)53-43-16-6-2-11-36(43)37-12-3-7-17-44(37)53/h2-30H. The number of hydrogen-bond acceptors (Lipinski definition) is 1. The molecule has 0 spiro atoms. The summed E-state index contributed by atoms with van der Waals surface area (Å²) in [7, 11) is 0. The lowest BCUT2D eigenvalue weighted by Crippen LogP contribution is -2.02. The van der Waals surface area contributed by atoms with Crippen molar-refractivity contribution in [2.24, 2.45) is 0 Å². The molecule has 0 bridgehead atoms. The highest BCUT2D eigenvalue weighted by atomic mass is 15.1. The van der Waals surface area contributed by atoms with Crippen molar-refractivity contribution in [2.45, 2.75) is 0 Å². The molecule has 0 aliphatic rings. The molecule has 254 valence electrons. The van der Waals surface area contributed by atoms with Crippen molar-refractivity contribution in [2.75, 3.05) is 0 Å². The summed E-state index contributed by atoms with van der Waals surface area (Å²) in [5.41, 5.74) is 12.7. The van der Waals surface area contributed by atoms with Gasteiger partial charge >= 0.3 is 0 Å². The Balaban J connectivity index is 1.19. The smallest absolute Gasteiger partial charge is 0.188 e. The van der Waals surface area contributed by atoms with Crippen LogP contribution in [0.15, 0.2) is 176 Å². The predicted molar refractivity (Wildman–Crippen MR) is 226 cm³/mol. The molecule has 5 nitrogen and oxygen atoms in total.